The Kier molecular flexibility index (Phi) is 5.68. The minimum Gasteiger partial charge on any atom is -0.507 e. The molecule has 0 heterocycles. The lowest BCUT2D eigenvalue weighted by molar-refractivity contribution is 0.0692. The Morgan fingerprint density at radius 2 is 1.92 bits per heavy atom. The number of carboxylic acid groups (broad SMARTS) is 1. The van der Waals surface area contributed by atoms with Crippen molar-refractivity contribution in [2.45, 2.75) is 43.8 Å². The number of methoxy groups -OCH3 is 1. The first-order valence-corrected chi connectivity index (χ1v) is 8.99. The van der Waals surface area contributed by atoms with E-state index in [4.69, 9.17) is 4.74 Å². The molecule has 0 aliphatic rings. The van der Waals surface area contributed by atoms with Crippen LogP contribution in [0.15, 0.2) is 35.2 Å². The van der Waals surface area contributed by atoms with E-state index >= 15 is 0 Å². The average Bonchev–Trinajstić information content (AvgIpc) is 2.52. The van der Waals surface area contributed by atoms with Gasteiger partial charge in [0.15, 0.2) is 0 Å². The van der Waals surface area contributed by atoms with E-state index in [1.165, 1.54) is 0 Å². The van der Waals surface area contributed by atoms with Crippen molar-refractivity contribution in [1.29, 1.82) is 0 Å². The molecule has 5 heteroatoms. The molecule has 134 valence electrons. The maximum atomic E-state index is 11.6. The van der Waals surface area contributed by atoms with Crippen LogP contribution in [0, 0.1) is 6.92 Å². The first-order valence-electron chi connectivity index (χ1n) is 8.01. The Hall–Kier alpha value is -2.14. The number of hydrogen-bond donors (Lipinski definition) is 2. The molecule has 0 saturated carbocycles. The van der Waals surface area contributed by atoms with E-state index in [9.17, 15) is 15.0 Å². The lowest BCUT2D eigenvalue weighted by Crippen LogP contribution is -2.14. The second-order valence-electron chi connectivity index (χ2n) is 6.97. The smallest absolute Gasteiger partial charge is 0.339 e. The monoisotopic (exact) mass is 360 g/mol. The predicted octanol–water partition coefficient (Wildman–Crippen LogP) is 5.00. The van der Waals surface area contributed by atoms with Gasteiger partial charge in [-0.25, -0.2) is 4.79 Å². The lowest BCUT2D eigenvalue weighted by atomic mass is 9.84. The van der Waals surface area contributed by atoms with E-state index in [-0.39, 0.29) is 16.7 Å². The molecule has 0 atom stereocenters. The van der Waals surface area contributed by atoms with E-state index < -0.39 is 5.97 Å². The number of aromatic hydroxyl groups is 1. The third kappa shape index (κ3) is 4.28. The molecule has 2 aromatic rings. The largest absolute Gasteiger partial charge is 0.507 e. The second kappa shape index (κ2) is 7.40. The Morgan fingerprint density at radius 3 is 2.48 bits per heavy atom. The van der Waals surface area contributed by atoms with Gasteiger partial charge in [0.25, 0.3) is 0 Å². The molecular weight excluding hydrogens is 336 g/mol. The second-order valence-corrected chi connectivity index (χ2v) is 7.98. The predicted molar refractivity (Wildman–Crippen MR) is 101 cm³/mol. The summed E-state index contributed by atoms with van der Waals surface area (Å²) >= 11 is 1.56. The van der Waals surface area contributed by atoms with E-state index in [0.29, 0.717) is 16.9 Å². The van der Waals surface area contributed by atoms with Crippen molar-refractivity contribution in [1.82, 2.24) is 0 Å². The summed E-state index contributed by atoms with van der Waals surface area (Å²) in [6, 6.07) is 9.70. The van der Waals surface area contributed by atoms with Crippen LogP contribution in [0.3, 0.4) is 0 Å². The highest BCUT2D eigenvalue weighted by molar-refractivity contribution is 7.98. The zero-order valence-corrected chi connectivity index (χ0v) is 16.0. The number of phenols is 1. The summed E-state index contributed by atoms with van der Waals surface area (Å²) in [4.78, 5) is 12.5. The van der Waals surface area contributed by atoms with Crippen LogP contribution >= 0.6 is 11.8 Å². The molecule has 0 radical (unpaired) electrons. The molecule has 0 aromatic heterocycles. The Labute approximate surface area is 152 Å². The van der Waals surface area contributed by atoms with Gasteiger partial charge >= 0.3 is 5.97 Å². The molecule has 0 aliphatic carbocycles. The topological polar surface area (TPSA) is 66.8 Å². The fraction of sp³-hybridized carbons (Fsp3) is 0.350. The van der Waals surface area contributed by atoms with Crippen molar-refractivity contribution in [3.8, 4) is 11.5 Å². The summed E-state index contributed by atoms with van der Waals surface area (Å²) in [5.74, 6) is 0.237. The van der Waals surface area contributed by atoms with Gasteiger partial charge in [0.05, 0.1) is 7.11 Å². The molecule has 0 fully saturated rings. The number of rotatable bonds is 5. The van der Waals surface area contributed by atoms with Crippen molar-refractivity contribution >= 4 is 17.7 Å². The fourth-order valence-electron chi connectivity index (χ4n) is 2.65. The van der Waals surface area contributed by atoms with Crippen molar-refractivity contribution in [2.75, 3.05) is 7.11 Å². The van der Waals surface area contributed by atoms with Gasteiger partial charge in [-0.2, -0.15) is 0 Å². The molecule has 0 amide bonds. The van der Waals surface area contributed by atoms with Gasteiger partial charge in [0.1, 0.15) is 17.1 Å². The highest BCUT2D eigenvalue weighted by Crippen LogP contribution is 2.40. The number of benzene rings is 2. The van der Waals surface area contributed by atoms with Crippen molar-refractivity contribution in [2.24, 2.45) is 0 Å². The van der Waals surface area contributed by atoms with E-state index in [2.05, 4.69) is 0 Å². The zero-order valence-electron chi connectivity index (χ0n) is 15.2. The molecule has 0 saturated heterocycles. The van der Waals surface area contributed by atoms with E-state index in [1.807, 2.05) is 51.1 Å². The van der Waals surface area contributed by atoms with Crippen LogP contribution in [-0.4, -0.2) is 23.3 Å². The Bertz CT molecular complexity index is 791. The Morgan fingerprint density at radius 1 is 1.24 bits per heavy atom. The van der Waals surface area contributed by atoms with Gasteiger partial charge in [-0.05, 0) is 41.7 Å². The minimum atomic E-state index is -1.11. The third-order valence-corrected chi connectivity index (χ3v) is 5.28. The molecule has 2 aromatic carbocycles. The van der Waals surface area contributed by atoms with Gasteiger partial charge < -0.3 is 14.9 Å². The zero-order chi connectivity index (χ0) is 18.8. The van der Waals surface area contributed by atoms with Crippen LogP contribution in [0.4, 0.5) is 0 Å². The summed E-state index contributed by atoms with van der Waals surface area (Å²) in [6.07, 6.45) is 0. The minimum absolute atomic E-state index is 0.0134. The van der Waals surface area contributed by atoms with Crippen LogP contribution in [-0.2, 0) is 11.2 Å². The lowest BCUT2D eigenvalue weighted by Gasteiger charge is -2.24. The van der Waals surface area contributed by atoms with E-state index in [0.717, 1.165) is 16.2 Å². The molecule has 25 heavy (non-hydrogen) atoms. The van der Waals surface area contributed by atoms with Crippen LogP contribution in [0.5, 0.6) is 11.5 Å². The highest BCUT2D eigenvalue weighted by Gasteiger charge is 2.26. The normalized spacial score (nSPS) is 11.4. The molecule has 0 aliphatic heterocycles. The first kappa shape index (κ1) is 19.2. The maximum absolute atomic E-state index is 11.6. The van der Waals surface area contributed by atoms with Crippen LogP contribution in [0.2, 0.25) is 0 Å². The van der Waals surface area contributed by atoms with Gasteiger partial charge in [0.2, 0.25) is 0 Å². The maximum Gasteiger partial charge on any atom is 0.339 e. The molecule has 0 unspecified atom stereocenters. The van der Waals surface area contributed by atoms with Gasteiger partial charge in [-0.3, -0.25) is 0 Å². The molecule has 0 spiro atoms. The summed E-state index contributed by atoms with van der Waals surface area (Å²) in [6.45, 7) is 7.61. The summed E-state index contributed by atoms with van der Waals surface area (Å²) in [5.41, 5.74) is 1.95. The van der Waals surface area contributed by atoms with Gasteiger partial charge in [0, 0.05) is 16.2 Å². The number of thioether (sulfide) groups is 1. The van der Waals surface area contributed by atoms with Crippen molar-refractivity contribution < 1.29 is 19.7 Å². The van der Waals surface area contributed by atoms with Crippen molar-refractivity contribution in [3.05, 3.63) is 52.6 Å². The first-order chi connectivity index (χ1) is 11.6. The Balaban J connectivity index is 2.43. The van der Waals surface area contributed by atoms with E-state index in [1.54, 1.807) is 25.8 Å². The SMILES string of the molecule is COc1cccc(CSc2cc(C(C)(C)C)c(O)c(C(=O)O)c2C)c1. The van der Waals surface area contributed by atoms with Crippen LogP contribution in [0.1, 0.15) is 47.8 Å². The fourth-order valence-corrected chi connectivity index (χ4v) is 3.67. The number of aromatic carboxylic acids is 1. The van der Waals surface area contributed by atoms with Gasteiger partial charge in [-0.15, -0.1) is 11.8 Å². The molecule has 4 nitrogen and oxygen atoms in total. The molecule has 0 bridgehead atoms. The van der Waals surface area contributed by atoms with Crippen LogP contribution < -0.4 is 4.74 Å². The standard InChI is InChI=1S/C20H24O4S/c1-12-16(25-11-13-7-6-8-14(9-13)24-5)10-15(20(2,3)4)18(21)17(12)19(22)23/h6-10,21H,11H2,1-5H3,(H,22,23). The number of hydrogen-bond acceptors (Lipinski definition) is 4. The molecular formula is C20H24O4S. The number of carbonyl (C=O) groups is 1. The number of carboxylic acids is 1. The molecule has 2 N–H and O–H groups in total. The summed E-state index contributed by atoms with van der Waals surface area (Å²) < 4.78 is 5.24. The summed E-state index contributed by atoms with van der Waals surface area (Å²) in [5, 5.41) is 20.0. The third-order valence-electron chi connectivity index (χ3n) is 4.06. The summed E-state index contributed by atoms with van der Waals surface area (Å²) in [7, 11) is 1.63. The van der Waals surface area contributed by atoms with Crippen molar-refractivity contribution in [3.63, 3.8) is 0 Å². The molecule has 2 rings (SSSR count). The number of ether oxygens (including phenoxy) is 1. The van der Waals surface area contributed by atoms with Gasteiger partial charge in [-0.1, -0.05) is 32.9 Å². The highest BCUT2D eigenvalue weighted by atomic mass is 32.2. The quantitative estimate of drug-likeness (QED) is 0.735. The van der Waals surface area contributed by atoms with Crippen LogP contribution in [0.25, 0.3) is 0 Å². The average molecular weight is 360 g/mol.